The number of hydrogen-bond acceptors (Lipinski definition) is 3. The quantitative estimate of drug-likeness (QED) is 0.757. The van der Waals surface area contributed by atoms with Crippen molar-refractivity contribution in [2.75, 3.05) is 19.6 Å². The number of hydrogen-bond donors (Lipinski definition) is 0. The maximum atomic E-state index is 13.1. The minimum atomic E-state index is -0.113. The highest BCUT2D eigenvalue weighted by atomic mass is 32.1. The van der Waals surface area contributed by atoms with E-state index < -0.39 is 0 Å². The van der Waals surface area contributed by atoms with Crippen molar-refractivity contribution in [2.24, 2.45) is 0 Å². The van der Waals surface area contributed by atoms with Crippen LogP contribution in [0.15, 0.2) is 48.4 Å². The SMILES string of the molecule is C=CCN(CC(=O)N1CCc2sccc2[C@H]1c1ccc(C)cc1)C(C)=O. The van der Waals surface area contributed by atoms with Gasteiger partial charge in [0.15, 0.2) is 0 Å². The second-order valence-corrected chi connectivity index (χ2v) is 7.64. The van der Waals surface area contributed by atoms with E-state index in [4.69, 9.17) is 0 Å². The summed E-state index contributed by atoms with van der Waals surface area (Å²) in [4.78, 5) is 29.7. The van der Waals surface area contributed by atoms with Crippen LogP contribution in [0.4, 0.5) is 0 Å². The molecule has 0 bridgehead atoms. The van der Waals surface area contributed by atoms with Gasteiger partial charge >= 0.3 is 0 Å². The predicted molar refractivity (Wildman–Crippen MR) is 105 cm³/mol. The second-order valence-electron chi connectivity index (χ2n) is 6.64. The van der Waals surface area contributed by atoms with E-state index in [1.54, 1.807) is 17.4 Å². The molecule has 0 radical (unpaired) electrons. The van der Waals surface area contributed by atoms with E-state index in [0.29, 0.717) is 13.1 Å². The van der Waals surface area contributed by atoms with Gasteiger partial charge in [-0.3, -0.25) is 9.59 Å². The molecule has 1 aliphatic heterocycles. The fourth-order valence-corrected chi connectivity index (χ4v) is 4.31. The number of nitrogens with zero attached hydrogens (tertiary/aromatic N) is 2. The van der Waals surface area contributed by atoms with Crippen molar-refractivity contribution in [1.82, 2.24) is 9.80 Å². The number of carbonyl (C=O) groups excluding carboxylic acids is 2. The van der Waals surface area contributed by atoms with Gasteiger partial charge in [-0.25, -0.2) is 0 Å². The Morgan fingerprint density at radius 2 is 2.04 bits per heavy atom. The molecular formula is C21H24N2O2S. The Balaban J connectivity index is 1.91. The largest absolute Gasteiger partial charge is 0.330 e. The summed E-state index contributed by atoms with van der Waals surface area (Å²) in [5, 5.41) is 2.10. The van der Waals surface area contributed by atoms with Gasteiger partial charge in [-0.05, 0) is 35.9 Å². The first-order valence-electron chi connectivity index (χ1n) is 8.80. The second kappa shape index (κ2) is 7.87. The fourth-order valence-electron chi connectivity index (χ4n) is 3.41. The molecule has 0 spiro atoms. The highest BCUT2D eigenvalue weighted by Crippen LogP contribution is 2.37. The number of amides is 2. The van der Waals surface area contributed by atoms with Gasteiger partial charge in [0.05, 0.1) is 6.04 Å². The standard InChI is InChI=1S/C21H24N2O2S/c1-4-11-22(16(3)24)14-20(25)23-12-9-19-18(10-13-26-19)21(23)17-7-5-15(2)6-8-17/h4-8,10,13,21H,1,9,11-12,14H2,2-3H3/t21-/m1/s1. The van der Waals surface area contributed by atoms with Crippen molar-refractivity contribution < 1.29 is 9.59 Å². The van der Waals surface area contributed by atoms with Gasteiger partial charge in [0.2, 0.25) is 11.8 Å². The van der Waals surface area contributed by atoms with Crippen molar-refractivity contribution in [2.45, 2.75) is 26.3 Å². The Kier molecular flexibility index (Phi) is 5.57. The zero-order chi connectivity index (χ0) is 18.7. The first kappa shape index (κ1) is 18.4. The van der Waals surface area contributed by atoms with Crippen molar-refractivity contribution in [3.8, 4) is 0 Å². The van der Waals surface area contributed by atoms with E-state index in [-0.39, 0.29) is 24.4 Å². The van der Waals surface area contributed by atoms with Crippen molar-refractivity contribution in [3.05, 3.63) is 69.9 Å². The average Bonchev–Trinajstić information content (AvgIpc) is 3.10. The predicted octanol–water partition coefficient (Wildman–Crippen LogP) is 3.57. The number of thiophene rings is 1. The van der Waals surface area contributed by atoms with Crippen LogP contribution >= 0.6 is 11.3 Å². The maximum Gasteiger partial charge on any atom is 0.243 e. The molecule has 2 aromatic rings. The van der Waals surface area contributed by atoms with Crippen LogP contribution in [0.25, 0.3) is 0 Å². The number of rotatable bonds is 5. The number of benzene rings is 1. The molecule has 1 aromatic heterocycles. The average molecular weight is 369 g/mol. The van der Waals surface area contributed by atoms with E-state index >= 15 is 0 Å². The summed E-state index contributed by atoms with van der Waals surface area (Å²) in [6.07, 6.45) is 2.52. The number of carbonyl (C=O) groups is 2. The van der Waals surface area contributed by atoms with Crippen LogP contribution in [0.1, 0.15) is 34.5 Å². The van der Waals surface area contributed by atoms with Crippen LogP contribution < -0.4 is 0 Å². The van der Waals surface area contributed by atoms with Crippen LogP contribution in [0.2, 0.25) is 0 Å². The van der Waals surface area contributed by atoms with Crippen molar-refractivity contribution in [1.29, 1.82) is 0 Å². The van der Waals surface area contributed by atoms with Gasteiger partial charge in [0.25, 0.3) is 0 Å². The van der Waals surface area contributed by atoms with Crippen molar-refractivity contribution in [3.63, 3.8) is 0 Å². The lowest BCUT2D eigenvalue weighted by atomic mass is 9.92. The van der Waals surface area contributed by atoms with Gasteiger partial charge in [-0.15, -0.1) is 17.9 Å². The molecule has 26 heavy (non-hydrogen) atoms. The topological polar surface area (TPSA) is 40.6 Å². The van der Waals surface area contributed by atoms with E-state index in [1.165, 1.54) is 27.8 Å². The third-order valence-corrected chi connectivity index (χ3v) is 5.80. The molecule has 136 valence electrons. The summed E-state index contributed by atoms with van der Waals surface area (Å²) < 4.78 is 0. The number of aryl methyl sites for hydroxylation is 1. The van der Waals surface area contributed by atoms with Gasteiger partial charge in [0, 0.05) is 24.9 Å². The minimum Gasteiger partial charge on any atom is -0.330 e. The lowest BCUT2D eigenvalue weighted by molar-refractivity contribution is -0.140. The highest BCUT2D eigenvalue weighted by molar-refractivity contribution is 7.10. The Bertz CT molecular complexity index is 810. The molecule has 0 unspecified atom stereocenters. The fraction of sp³-hybridized carbons (Fsp3) is 0.333. The van der Waals surface area contributed by atoms with E-state index in [0.717, 1.165) is 12.0 Å². The third-order valence-electron chi connectivity index (χ3n) is 4.80. The Morgan fingerprint density at radius 1 is 1.31 bits per heavy atom. The first-order chi connectivity index (χ1) is 12.5. The van der Waals surface area contributed by atoms with Crippen LogP contribution in [0.5, 0.6) is 0 Å². The van der Waals surface area contributed by atoms with Crippen LogP contribution in [-0.4, -0.2) is 41.2 Å². The molecule has 2 amide bonds. The van der Waals surface area contributed by atoms with E-state index in [9.17, 15) is 9.59 Å². The molecular weight excluding hydrogens is 344 g/mol. The molecule has 3 rings (SSSR count). The zero-order valence-corrected chi connectivity index (χ0v) is 16.1. The first-order valence-corrected chi connectivity index (χ1v) is 9.68. The highest BCUT2D eigenvalue weighted by Gasteiger charge is 2.33. The molecule has 4 nitrogen and oxygen atoms in total. The van der Waals surface area contributed by atoms with Crippen molar-refractivity contribution >= 4 is 23.2 Å². The van der Waals surface area contributed by atoms with Crippen LogP contribution in [0.3, 0.4) is 0 Å². The summed E-state index contributed by atoms with van der Waals surface area (Å²) >= 11 is 1.75. The molecule has 2 heterocycles. The summed E-state index contributed by atoms with van der Waals surface area (Å²) in [7, 11) is 0. The normalized spacial score (nSPS) is 16.1. The van der Waals surface area contributed by atoms with Gasteiger partial charge in [0.1, 0.15) is 6.54 Å². The molecule has 1 aromatic carbocycles. The van der Waals surface area contributed by atoms with Gasteiger partial charge < -0.3 is 9.80 Å². The summed E-state index contributed by atoms with van der Waals surface area (Å²) in [6.45, 7) is 8.37. The molecule has 0 aliphatic carbocycles. The van der Waals surface area contributed by atoms with E-state index in [1.807, 2.05) is 4.90 Å². The maximum absolute atomic E-state index is 13.1. The Morgan fingerprint density at radius 3 is 2.69 bits per heavy atom. The molecule has 0 saturated heterocycles. The molecule has 0 saturated carbocycles. The number of fused-ring (bicyclic) bond motifs is 1. The minimum absolute atomic E-state index is 0.0236. The van der Waals surface area contributed by atoms with E-state index in [2.05, 4.69) is 49.2 Å². The summed E-state index contributed by atoms with van der Waals surface area (Å²) in [6, 6.07) is 10.4. The molecule has 1 aliphatic rings. The Labute approximate surface area is 158 Å². The molecule has 0 fully saturated rings. The summed E-state index contributed by atoms with van der Waals surface area (Å²) in [5.41, 5.74) is 3.51. The van der Waals surface area contributed by atoms with Crippen LogP contribution in [0, 0.1) is 6.92 Å². The third kappa shape index (κ3) is 3.73. The molecule has 0 N–H and O–H groups in total. The molecule has 1 atom stereocenters. The smallest absolute Gasteiger partial charge is 0.243 e. The lowest BCUT2D eigenvalue weighted by Gasteiger charge is -2.37. The van der Waals surface area contributed by atoms with Gasteiger partial charge in [-0.2, -0.15) is 0 Å². The monoisotopic (exact) mass is 368 g/mol. The lowest BCUT2D eigenvalue weighted by Crippen LogP contribution is -2.46. The zero-order valence-electron chi connectivity index (χ0n) is 15.3. The Hall–Kier alpha value is -2.40. The van der Waals surface area contributed by atoms with Gasteiger partial charge in [-0.1, -0.05) is 35.9 Å². The summed E-state index contributed by atoms with van der Waals surface area (Å²) in [5.74, 6) is -0.136. The van der Waals surface area contributed by atoms with Crippen LogP contribution in [-0.2, 0) is 16.0 Å². The molecule has 5 heteroatoms.